The van der Waals surface area contributed by atoms with Gasteiger partial charge >= 0.3 is 0 Å². The van der Waals surface area contributed by atoms with Gasteiger partial charge in [-0.25, -0.2) is 0 Å². The number of nitrogens with zero attached hydrogens (tertiary/aromatic N) is 4. The predicted molar refractivity (Wildman–Crippen MR) is 118 cm³/mol. The fourth-order valence-corrected chi connectivity index (χ4v) is 3.73. The molecule has 0 aliphatic carbocycles. The topological polar surface area (TPSA) is 72.7 Å². The lowest BCUT2D eigenvalue weighted by Crippen LogP contribution is -2.24. The maximum atomic E-state index is 12.4. The Morgan fingerprint density at radius 3 is 2.53 bits per heavy atom. The van der Waals surface area contributed by atoms with E-state index in [1.54, 1.807) is 12.4 Å². The zero-order valence-corrected chi connectivity index (χ0v) is 17.3. The van der Waals surface area contributed by atoms with E-state index in [2.05, 4.69) is 20.5 Å². The third kappa shape index (κ3) is 4.75. The van der Waals surface area contributed by atoms with E-state index in [-0.39, 0.29) is 11.7 Å². The summed E-state index contributed by atoms with van der Waals surface area (Å²) in [6, 6.07) is 21.8. The van der Waals surface area contributed by atoms with Gasteiger partial charge in [0.1, 0.15) is 0 Å². The lowest BCUT2D eigenvalue weighted by atomic mass is 10.2. The number of aryl methyl sites for hydroxylation is 1. The minimum atomic E-state index is -0.0507. The van der Waals surface area contributed by atoms with E-state index in [0.29, 0.717) is 17.5 Å². The average molecular weight is 416 g/mol. The first-order valence-corrected chi connectivity index (χ1v) is 10.6. The van der Waals surface area contributed by atoms with E-state index >= 15 is 0 Å². The van der Waals surface area contributed by atoms with Gasteiger partial charge in [-0.1, -0.05) is 59.8 Å². The van der Waals surface area contributed by atoms with E-state index in [9.17, 15) is 4.79 Å². The van der Waals surface area contributed by atoms with Crippen LogP contribution in [-0.2, 0) is 11.3 Å². The highest BCUT2D eigenvalue weighted by molar-refractivity contribution is 7.99. The van der Waals surface area contributed by atoms with E-state index in [0.717, 1.165) is 16.8 Å². The molecular formula is C23H21N5OS. The maximum absolute atomic E-state index is 12.4. The van der Waals surface area contributed by atoms with Gasteiger partial charge < -0.3 is 5.32 Å². The first-order valence-electron chi connectivity index (χ1n) is 9.57. The number of amides is 1. The molecule has 4 rings (SSSR count). The number of aromatic nitrogens is 4. The monoisotopic (exact) mass is 415 g/mol. The highest BCUT2D eigenvalue weighted by Crippen LogP contribution is 2.27. The number of rotatable bonds is 7. The van der Waals surface area contributed by atoms with Crippen molar-refractivity contribution in [1.29, 1.82) is 0 Å². The van der Waals surface area contributed by atoms with Crippen LogP contribution < -0.4 is 5.32 Å². The zero-order valence-electron chi connectivity index (χ0n) is 16.5. The summed E-state index contributed by atoms with van der Waals surface area (Å²) in [4.78, 5) is 16.6. The Hall–Kier alpha value is -3.45. The Morgan fingerprint density at radius 1 is 1.00 bits per heavy atom. The third-order valence-corrected chi connectivity index (χ3v) is 5.44. The fraction of sp³-hybridized carbons (Fsp3) is 0.130. The molecule has 4 aromatic rings. The second-order valence-corrected chi connectivity index (χ2v) is 7.71. The number of carbonyl (C=O) groups is 1. The number of hydrogen-bond donors (Lipinski definition) is 1. The maximum Gasteiger partial charge on any atom is 0.230 e. The molecule has 1 N–H and O–H groups in total. The molecule has 0 aliphatic heterocycles. The summed E-state index contributed by atoms with van der Waals surface area (Å²) in [5, 5.41) is 12.3. The molecule has 0 aliphatic rings. The first kappa shape index (κ1) is 19.8. The van der Waals surface area contributed by atoms with Crippen molar-refractivity contribution in [3.63, 3.8) is 0 Å². The van der Waals surface area contributed by atoms with Gasteiger partial charge in [0.25, 0.3) is 0 Å². The normalized spacial score (nSPS) is 10.7. The van der Waals surface area contributed by atoms with Crippen LogP contribution in [0.1, 0.15) is 11.1 Å². The summed E-state index contributed by atoms with van der Waals surface area (Å²) in [6.45, 7) is 2.55. The second kappa shape index (κ2) is 9.37. The quantitative estimate of drug-likeness (QED) is 0.461. The van der Waals surface area contributed by atoms with E-state index in [1.165, 1.54) is 17.3 Å². The highest BCUT2D eigenvalue weighted by Gasteiger charge is 2.17. The molecule has 0 saturated carbocycles. The van der Waals surface area contributed by atoms with Crippen LogP contribution in [0, 0.1) is 6.92 Å². The molecule has 6 nitrogen and oxygen atoms in total. The molecule has 150 valence electrons. The Morgan fingerprint density at radius 2 is 1.80 bits per heavy atom. The largest absolute Gasteiger partial charge is 0.351 e. The standard InChI is InChI=1S/C23H21N5OS/c1-17-9-11-20(12-10-17)28-22(19-8-5-13-24-15-19)26-27-23(28)30-16-21(29)25-14-18-6-3-2-4-7-18/h2-13,15H,14,16H2,1H3,(H,25,29). The number of nitrogens with one attached hydrogen (secondary N) is 1. The van der Waals surface area contributed by atoms with Gasteiger partial charge in [-0.2, -0.15) is 0 Å². The van der Waals surface area contributed by atoms with Crippen LogP contribution >= 0.6 is 11.8 Å². The molecule has 0 radical (unpaired) electrons. The van der Waals surface area contributed by atoms with Crippen LogP contribution in [0.5, 0.6) is 0 Å². The van der Waals surface area contributed by atoms with E-state index in [1.807, 2.05) is 78.2 Å². The minimum Gasteiger partial charge on any atom is -0.351 e. The summed E-state index contributed by atoms with van der Waals surface area (Å²) in [5.41, 5.74) is 4.05. The predicted octanol–water partition coefficient (Wildman–Crippen LogP) is 4.05. The van der Waals surface area contributed by atoms with Gasteiger partial charge in [0.05, 0.1) is 5.75 Å². The lowest BCUT2D eigenvalue weighted by Gasteiger charge is -2.11. The van der Waals surface area contributed by atoms with Crippen LogP contribution in [0.4, 0.5) is 0 Å². The van der Waals surface area contributed by atoms with E-state index in [4.69, 9.17) is 0 Å². The van der Waals surface area contributed by atoms with Gasteiger partial charge in [0, 0.05) is 30.2 Å². The van der Waals surface area contributed by atoms with E-state index < -0.39 is 0 Å². The molecule has 1 amide bonds. The Kier molecular flexibility index (Phi) is 6.20. The highest BCUT2D eigenvalue weighted by atomic mass is 32.2. The molecule has 2 aromatic carbocycles. The molecule has 2 aromatic heterocycles. The Bertz CT molecular complexity index is 1110. The number of carbonyl (C=O) groups excluding carboxylic acids is 1. The molecule has 0 saturated heterocycles. The summed E-state index contributed by atoms with van der Waals surface area (Å²) in [7, 11) is 0. The average Bonchev–Trinajstić information content (AvgIpc) is 3.22. The second-order valence-electron chi connectivity index (χ2n) is 6.77. The number of hydrogen-bond acceptors (Lipinski definition) is 5. The summed E-state index contributed by atoms with van der Waals surface area (Å²) in [5.74, 6) is 0.897. The smallest absolute Gasteiger partial charge is 0.230 e. The molecule has 0 fully saturated rings. The van der Waals surface area contributed by atoms with Gasteiger partial charge in [0.2, 0.25) is 5.91 Å². The lowest BCUT2D eigenvalue weighted by molar-refractivity contribution is -0.118. The Labute approximate surface area is 179 Å². The van der Waals surface area contributed by atoms with Crippen LogP contribution in [0.3, 0.4) is 0 Å². The van der Waals surface area contributed by atoms with Crippen molar-refractivity contribution in [2.45, 2.75) is 18.6 Å². The molecule has 0 bridgehead atoms. The van der Waals surface area contributed by atoms with Crippen molar-refractivity contribution < 1.29 is 4.79 Å². The van der Waals surface area contributed by atoms with Gasteiger partial charge in [-0.3, -0.25) is 14.3 Å². The van der Waals surface area contributed by atoms with Crippen LogP contribution in [0.25, 0.3) is 17.1 Å². The Balaban J connectivity index is 1.53. The number of benzene rings is 2. The molecular weight excluding hydrogens is 394 g/mol. The van der Waals surface area contributed by atoms with Crippen molar-refractivity contribution in [1.82, 2.24) is 25.1 Å². The summed E-state index contributed by atoms with van der Waals surface area (Å²) < 4.78 is 1.96. The molecule has 0 unspecified atom stereocenters. The van der Waals surface area contributed by atoms with Crippen molar-refractivity contribution in [2.75, 3.05) is 5.75 Å². The minimum absolute atomic E-state index is 0.0507. The first-order chi connectivity index (χ1) is 14.7. The van der Waals surface area contributed by atoms with Crippen molar-refractivity contribution >= 4 is 17.7 Å². The SMILES string of the molecule is Cc1ccc(-n2c(SCC(=O)NCc3ccccc3)nnc2-c2cccnc2)cc1. The van der Waals surface area contributed by atoms with Gasteiger partial charge in [-0.05, 0) is 36.8 Å². The molecule has 0 atom stereocenters. The summed E-state index contributed by atoms with van der Waals surface area (Å²) in [6.07, 6.45) is 3.48. The fourth-order valence-electron chi connectivity index (χ4n) is 2.95. The van der Waals surface area contributed by atoms with Gasteiger partial charge in [0.15, 0.2) is 11.0 Å². The third-order valence-electron chi connectivity index (χ3n) is 4.51. The van der Waals surface area contributed by atoms with Crippen LogP contribution in [0.15, 0.2) is 84.3 Å². The number of pyridine rings is 1. The summed E-state index contributed by atoms with van der Waals surface area (Å²) >= 11 is 1.36. The number of thioether (sulfide) groups is 1. The molecule has 30 heavy (non-hydrogen) atoms. The molecule has 0 spiro atoms. The van der Waals surface area contributed by atoms with Crippen LogP contribution in [-0.4, -0.2) is 31.4 Å². The van der Waals surface area contributed by atoms with Crippen molar-refractivity contribution in [3.05, 3.63) is 90.3 Å². The van der Waals surface area contributed by atoms with Crippen LogP contribution in [0.2, 0.25) is 0 Å². The van der Waals surface area contributed by atoms with Gasteiger partial charge in [-0.15, -0.1) is 10.2 Å². The molecule has 2 heterocycles. The van der Waals surface area contributed by atoms with Crippen molar-refractivity contribution in [3.8, 4) is 17.1 Å². The zero-order chi connectivity index (χ0) is 20.8. The molecule has 7 heteroatoms. The van der Waals surface area contributed by atoms with Crippen molar-refractivity contribution in [2.24, 2.45) is 0 Å².